The molecule has 0 atom stereocenters. The summed E-state index contributed by atoms with van der Waals surface area (Å²) in [6.45, 7) is 0.284. The Morgan fingerprint density at radius 1 is 1.50 bits per heavy atom. The molecule has 0 fully saturated rings. The van der Waals surface area contributed by atoms with E-state index < -0.39 is 10.7 Å². The average molecular weight is 315 g/mol. The van der Waals surface area contributed by atoms with E-state index in [1.54, 1.807) is 12.1 Å². The van der Waals surface area contributed by atoms with Crippen LogP contribution >= 0.6 is 15.9 Å². The van der Waals surface area contributed by atoms with Crippen molar-refractivity contribution in [3.05, 3.63) is 56.7 Å². The first kappa shape index (κ1) is 12.6. The predicted molar refractivity (Wildman–Crippen MR) is 66.8 cm³/mol. The van der Waals surface area contributed by atoms with Crippen molar-refractivity contribution in [1.29, 1.82) is 0 Å². The zero-order chi connectivity index (χ0) is 13.1. The zero-order valence-corrected chi connectivity index (χ0v) is 10.6. The maximum atomic E-state index is 13.2. The third-order valence-corrected chi connectivity index (χ3v) is 2.88. The van der Waals surface area contributed by atoms with Crippen molar-refractivity contribution in [2.24, 2.45) is 0 Å². The van der Waals surface area contributed by atoms with E-state index in [0.717, 1.165) is 6.07 Å². The summed E-state index contributed by atoms with van der Waals surface area (Å²) in [7, 11) is 0. The third kappa shape index (κ3) is 2.67. The summed E-state index contributed by atoms with van der Waals surface area (Å²) in [4.78, 5) is 10.2. The highest BCUT2D eigenvalue weighted by Crippen LogP contribution is 2.30. The summed E-state index contributed by atoms with van der Waals surface area (Å²) in [5.74, 6) is -0.0463. The Morgan fingerprint density at radius 3 is 2.89 bits per heavy atom. The highest BCUT2D eigenvalue weighted by Gasteiger charge is 2.17. The van der Waals surface area contributed by atoms with Crippen molar-refractivity contribution in [1.82, 2.24) is 0 Å². The van der Waals surface area contributed by atoms with Crippen LogP contribution in [0.3, 0.4) is 0 Å². The summed E-state index contributed by atoms with van der Waals surface area (Å²) in [5.41, 5.74) is -0.0908. The molecule has 0 bridgehead atoms. The molecule has 5 nitrogen and oxygen atoms in total. The number of hydrogen-bond acceptors (Lipinski definition) is 4. The third-order valence-electron chi connectivity index (χ3n) is 2.27. The molecule has 1 heterocycles. The largest absolute Gasteiger partial charge is 0.467 e. The molecule has 2 rings (SSSR count). The molecule has 1 N–H and O–H groups in total. The Labute approximate surface area is 110 Å². The van der Waals surface area contributed by atoms with Gasteiger partial charge in [-0.2, -0.15) is 0 Å². The van der Waals surface area contributed by atoms with Crippen LogP contribution in [0.4, 0.5) is 15.8 Å². The first-order valence-corrected chi connectivity index (χ1v) is 5.77. The summed E-state index contributed by atoms with van der Waals surface area (Å²) in [5, 5.41) is 13.6. The summed E-state index contributed by atoms with van der Waals surface area (Å²) in [6, 6.07) is 5.65. The second-order valence-electron chi connectivity index (χ2n) is 3.47. The minimum absolute atomic E-state index is 0.162. The lowest BCUT2D eigenvalue weighted by molar-refractivity contribution is -0.384. The number of nitrogens with one attached hydrogen (secondary N) is 1. The Balaban J connectivity index is 2.25. The summed E-state index contributed by atoms with van der Waals surface area (Å²) < 4.78 is 18.5. The monoisotopic (exact) mass is 314 g/mol. The number of rotatable bonds is 4. The Hall–Kier alpha value is -1.89. The smallest absolute Gasteiger partial charge is 0.295 e. The van der Waals surface area contributed by atoms with E-state index in [1.807, 2.05) is 0 Å². The van der Waals surface area contributed by atoms with Crippen LogP contribution in [-0.4, -0.2) is 4.92 Å². The Kier molecular flexibility index (Phi) is 3.61. The first-order chi connectivity index (χ1) is 8.58. The van der Waals surface area contributed by atoms with E-state index in [0.29, 0.717) is 5.76 Å². The minimum Gasteiger partial charge on any atom is -0.467 e. The molecule has 1 aromatic carbocycles. The average Bonchev–Trinajstić information content (AvgIpc) is 2.83. The van der Waals surface area contributed by atoms with E-state index in [2.05, 4.69) is 21.2 Å². The van der Waals surface area contributed by atoms with Crippen LogP contribution in [-0.2, 0) is 6.54 Å². The molecule has 0 aliphatic rings. The van der Waals surface area contributed by atoms with Crippen LogP contribution in [0.1, 0.15) is 5.76 Å². The molecule has 7 heteroatoms. The number of nitrogens with zero attached hydrogens (tertiary/aromatic N) is 1. The maximum Gasteiger partial charge on any atom is 0.295 e. The van der Waals surface area contributed by atoms with Gasteiger partial charge in [-0.25, -0.2) is 4.39 Å². The van der Waals surface area contributed by atoms with Gasteiger partial charge in [0, 0.05) is 0 Å². The fourth-order valence-electron chi connectivity index (χ4n) is 1.42. The maximum absolute atomic E-state index is 13.2. The fraction of sp³-hybridized carbons (Fsp3) is 0.0909. The van der Waals surface area contributed by atoms with Crippen LogP contribution in [0.15, 0.2) is 39.4 Å². The van der Waals surface area contributed by atoms with E-state index >= 15 is 0 Å². The standard InChI is InChI=1S/C11H8BrFN2O3/c12-8-4-10(11(15(16)17)5-9(8)13)14-6-7-2-1-3-18-7/h1-5,14H,6H2. The first-order valence-electron chi connectivity index (χ1n) is 4.97. The molecule has 0 aliphatic carbocycles. The van der Waals surface area contributed by atoms with Crippen LogP contribution < -0.4 is 5.32 Å². The molecule has 18 heavy (non-hydrogen) atoms. The van der Waals surface area contributed by atoms with Gasteiger partial charge < -0.3 is 9.73 Å². The van der Waals surface area contributed by atoms with Gasteiger partial charge >= 0.3 is 0 Å². The minimum atomic E-state index is -0.676. The molecule has 0 amide bonds. The number of nitro groups is 1. The molecule has 0 spiro atoms. The van der Waals surface area contributed by atoms with Crippen LogP contribution in [0, 0.1) is 15.9 Å². The number of hydrogen-bond donors (Lipinski definition) is 1. The van der Waals surface area contributed by atoms with Crippen LogP contribution in [0.5, 0.6) is 0 Å². The SMILES string of the molecule is O=[N+]([O-])c1cc(F)c(Br)cc1NCc1ccco1. The quantitative estimate of drug-likeness (QED) is 0.690. The number of furan rings is 1. The highest BCUT2D eigenvalue weighted by atomic mass is 79.9. The summed E-state index contributed by atoms with van der Waals surface area (Å²) in [6.07, 6.45) is 1.51. The van der Waals surface area contributed by atoms with Gasteiger partial charge in [0.15, 0.2) is 0 Å². The normalized spacial score (nSPS) is 10.3. The topological polar surface area (TPSA) is 68.3 Å². The Morgan fingerprint density at radius 2 is 2.28 bits per heavy atom. The molecule has 0 saturated carbocycles. The van der Waals surface area contributed by atoms with Crippen molar-refractivity contribution in [2.75, 3.05) is 5.32 Å². The second-order valence-corrected chi connectivity index (χ2v) is 4.33. The van der Waals surface area contributed by atoms with Crippen LogP contribution in [0.25, 0.3) is 0 Å². The molecular formula is C11H8BrFN2O3. The van der Waals surface area contributed by atoms with E-state index in [4.69, 9.17) is 4.42 Å². The summed E-state index contributed by atoms with van der Waals surface area (Å²) >= 11 is 2.99. The lowest BCUT2D eigenvalue weighted by Gasteiger charge is -2.06. The molecule has 0 unspecified atom stereocenters. The van der Waals surface area contributed by atoms with Gasteiger partial charge in [-0.05, 0) is 34.1 Å². The van der Waals surface area contributed by atoms with Gasteiger partial charge in [-0.1, -0.05) is 0 Å². The van der Waals surface area contributed by atoms with E-state index in [-0.39, 0.29) is 22.4 Å². The molecule has 0 aliphatic heterocycles. The van der Waals surface area contributed by atoms with Crippen LogP contribution in [0.2, 0.25) is 0 Å². The molecule has 1 aromatic heterocycles. The van der Waals surface area contributed by atoms with Gasteiger partial charge in [0.1, 0.15) is 17.3 Å². The van der Waals surface area contributed by atoms with Gasteiger partial charge in [-0.3, -0.25) is 10.1 Å². The number of halogens is 2. The van der Waals surface area contributed by atoms with Crippen molar-refractivity contribution in [3.63, 3.8) is 0 Å². The molecule has 0 saturated heterocycles. The van der Waals surface area contributed by atoms with Gasteiger partial charge in [0.25, 0.3) is 5.69 Å². The van der Waals surface area contributed by atoms with Gasteiger partial charge in [0.05, 0.1) is 28.3 Å². The van der Waals surface area contributed by atoms with Gasteiger partial charge in [-0.15, -0.1) is 0 Å². The lowest BCUT2D eigenvalue weighted by Crippen LogP contribution is -2.02. The van der Waals surface area contributed by atoms with E-state index in [9.17, 15) is 14.5 Å². The number of benzene rings is 1. The number of nitro benzene ring substituents is 1. The van der Waals surface area contributed by atoms with Crippen molar-refractivity contribution in [2.45, 2.75) is 6.54 Å². The van der Waals surface area contributed by atoms with Gasteiger partial charge in [0.2, 0.25) is 0 Å². The fourth-order valence-corrected chi connectivity index (χ4v) is 1.77. The predicted octanol–water partition coefficient (Wildman–Crippen LogP) is 3.70. The molecule has 2 aromatic rings. The van der Waals surface area contributed by atoms with Crippen molar-refractivity contribution in [3.8, 4) is 0 Å². The second kappa shape index (κ2) is 5.18. The highest BCUT2D eigenvalue weighted by molar-refractivity contribution is 9.10. The van der Waals surface area contributed by atoms with Crippen molar-refractivity contribution < 1.29 is 13.7 Å². The molecule has 0 radical (unpaired) electrons. The molecule has 94 valence electrons. The Bertz CT molecular complexity index is 572. The zero-order valence-electron chi connectivity index (χ0n) is 9.02. The van der Waals surface area contributed by atoms with E-state index in [1.165, 1.54) is 12.3 Å². The number of anilines is 1. The lowest BCUT2D eigenvalue weighted by atomic mass is 10.2. The van der Waals surface area contributed by atoms with Crippen molar-refractivity contribution >= 4 is 27.3 Å². The molecular weight excluding hydrogens is 307 g/mol.